The molecule has 8 heterocycles. The molecule has 8 rings (SSSR count). The molecule has 0 radical (unpaired) electrons. The molecule has 0 saturated heterocycles. The van der Waals surface area contributed by atoms with E-state index in [1.165, 1.54) is 0 Å². The van der Waals surface area contributed by atoms with E-state index in [0.29, 0.717) is 46.5 Å². The maximum Gasteiger partial charge on any atom is 2.00 e. The third-order valence-electron chi connectivity index (χ3n) is 6.11. The molecule has 14 heteroatoms. The molecule has 8 aromatic heterocycles. The maximum absolute atomic E-state index is 4.22. The van der Waals surface area contributed by atoms with E-state index in [1.807, 2.05) is 146 Å². The van der Waals surface area contributed by atoms with Gasteiger partial charge in [-0.15, -0.1) is 0 Å². The Morgan fingerprint density at radius 3 is 0.426 bits per heavy atom. The van der Waals surface area contributed by atoms with Gasteiger partial charge in [0.25, 0.3) is 0 Å². The molecule has 264 valence electrons. The Labute approximate surface area is 343 Å². The molecule has 0 aliphatic rings. The predicted molar refractivity (Wildman–Crippen MR) is 205 cm³/mol. The minimum absolute atomic E-state index is 0. The van der Waals surface area contributed by atoms with Crippen molar-refractivity contribution in [2.24, 2.45) is 0 Å². The van der Waals surface area contributed by atoms with Gasteiger partial charge in [0.1, 0.15) is 0 Å². The SMILES string of the molecule is [W+2].[W+2].c1ccc([N-]c2ccccn2)nc1.c1ccc([N-]c2ccccn2)nc1.c1ccc([N-]c2ccccn2)nc1.c1ccc([N-]c2ccccn2)nc1. The van der Waals surface area contributed by atoms with Crippen LogP contribution in [0.1, 0.15) is 0 Å². The van der Waals surface area contributed by atoms with Crippen LogP contribution in [0, 0.1) is 0 Å². The van der Waals surface area contributed by atoms with Crippen LogP contribution in [0.5, 0.6) is 0 Å². The summed E-state index contributed by atoms with van der Waals surface area (Å²) < 4.78 is 0. The second kappa shape index (κ2) is 25.7. The molecule has 8 aromatic rings. The van der Waals surface area contributed by atoms with Gasteiger partial charge in [-0.05, 0) is 98.1 Å². The summed E-state index contributed by atoms with van der Waals surface area (Å²) in [5, 5.41) is 16.9. The summed E-state index contributed by atoms with van der Waals surface area (Å²) in [7, 11) is 0. The number of hydrogen-bond acceptors (Lipinski definition) is 8. The fraction of sp³-hybridized carbons (Fsp3) is 0. The fourth-order valence-electron chi connectivity index (χ4n) is 3.83. The van der Waals surface area contributed by atoms with Crippen molar-refractivity contribution in [3.63, 3.8) is 0 Å². The van der Waals surface area contributed by atoms with E-state index < -0.39 is 0 Å². The largest absolute Gasteiger partial charge is 2.00 e. The Morgan fingerprint density at radius 1 is 0.204 bits per heavy atom. The van der Waals surface area contributed by atoms with Crippen LogP contribution < -0.4 is 0 Å². The van der Waals surface area contributed by atoms with E-state index in [0.717, 1.165) is 0 Å². The Morgan fingerprint density at radius 2 is 0.333 bits per heavy atom. The predicted octanol–water partition coefficient (Wildman–Crippen LogP) is 11.2. The average Bonchev–Trinajstić information content (AvgIpc) is 3.22. The van der Waals surface area contributed by atoms with Gasteiger partial charge in [-0.1, -0.05) is 97.1 Å². The van der Waals surface area contributed by atoms with Gasteiger partial charge in [0, 0.05) is 46.5 Å². The number of aromatic nitrogens is 8. The normalized spacial score (nSPS) is 9.19. The second-order valence-electron chi connectivity index (χ2n) is 9.95. The fourth-order valence-corrected chi connectivity index (χ4v) is 3.83. The first kappa shape index (κ1) is 42.2. The van der Waals surface area contributed by atoms with Gasteiger partial charge in [0.2, 0.25) is 0 Å². The van der Waals surface area contributed by atoms with Crippen molar-refractivity contribution < 1.29 is 42.1 Å². The third kappa shape index (κ3) is 16.9. The molecule has 0 N–H and O–H groups in total. The molecule has 12 nitrogen and oxygen atoms in total. The van der Waals surface area contributed by atoms with Crippen LogP contribution in [0.15, 0.2) is 195 Å². The molecule has 54 heavy (non-hydrogen) atoms. The minimum atomic E-state index is 0. The molecule has 0 bridgehead atoms. The van der Waals surface area contributed by atoms with Crippen molar-refractivity contribution >= 4 is 46.5 Å². The summed E-state index contributed by atoms with van der Waals surface area (Å²) in [5.41, 5.74) is 0. The van der Waals surface area contributed by atoms with Crippen LogP contribution in [-0.2, 0) is 42.1 Å². The van der Waals surface area contributed by atoms with Gasteiger partial charge in [0.15, 0.2) is 0 Å². The Hall–Kier alpha value is -6.22. The number of nitrogens with zero attached hydrogens (tertiary/aromatic N) is 12. The molecular weight excluding hydrogens is 1020 g/mol. The van der Waals surface area contributed by atoms with Crippen LogP contribution in [0.25, 0.3) is 21.3 Å². The molecule has 0 aromatic carbocycles. The van der Waals surface area contributed by atoms with E-state index in [-0.39, 0.29) is 42.1 Å². The average molecular weight is 1050 g/mol. The molecule has 0 fully saturated rings. The Balaban J connectivity index is 0.000000191. The van der Waals surface area contributed by atoms with Crippen molar-refractivity contribution in [2.75, 3.05) is 0 Å². The molecule has 0 spiro atoms. The first-order chi connectivity index (χ1) is 25.8. The molecule has 0 atom stereocenters. The third-order valence-corrected chi connectivity index (χ3v) is 6.11. The van der Waals surface area contributed by atoms with Crippen LogP contribution in [-0.4, -0.2) is 39.9 Å². The molecule has 0 saturated carbocycles. The van der Waals surface area contributed by atoms with Crippen molar-refractivity contribution in [3.8, 4) is 0 Å². The maximum atomic E-state index is 4.22. The first-order valence-electron chi connectivity index (χ1n) is 16.0. The van der Waals surface area contributed by atoms with Crippen LogP contribution in [0.2, 0.25) is 0 Å². The van der Waals surface area contributed by atoms with Crippen LogP contribution >= 0.6 is 0 Å². The molecule has 0 aliphatic carbocycles. The summed E-state index contributed by atoms with van der Waals surface area (Å²) in [6.07, 6.45) is 13.7. The van der Waals surface area contributed by atoms with E-state index in [4.69, 9.17) is 0 Å². The van der Waals surface area contributed by atoms with Gasteiger partial charge in [-0.25, -0.2) is 0 Å². The first-order valence-corrected chi connectivity index (χ1v) is 16.0. The summed E-state index contributed by atoms with van der Waals surface area (Å²) in [4.78, 5) is 32.5. The summed E-state index contributed by atoms with van der Waals surface area (Å²) >= 11 is 0. The molecule has 0 unspecified atom stereocenters. The second-order valence-corrected chi connectivity index (χ2v) is 9.95. The zero-order valence-electron chi connectivity index (χ0n) is 28.7. The Kier molecular flexibility index (Phi) is 20.1. The van der Waals surface area contributed by atoms with Crippen LogP contribution in [0.3, 0.4) is 0 Å². The number of hydrogen-bond donors (Lipinski definition) is 0. The summed E-state index contributed by atoms with van der Waals surface area (Å²) in [5.74, 6) is 5.45. The zero-order valence-corrected chi connectivity index (χ0v) is 34.5. The van der Waals surface area contributed by atoms with Gasteiger partial charge >= 0.3 is 42.1 Å². The topological polar surface area (TPSA) is 160 Å². The minimum Gasteiger partial charge on any atom is -0.369 e. The van der Waals surface area contributed by atoms with Crippen molar-refractivity contribution in [1.29, 1.82) is 0 Å². The van der Waals surface area contributed by atoms with Gasteiger partial charge in [-0.3, -0.25) is 0 Å². The van der Waals surface area contributed by atoms with E-state index in [2.05, 4.69) is 61.1 Å². The molecule has 0 aliphatic heterocycles. The monoisotopic (exact) mass is 1050 g/mol. The van der Waals surface area contributed by atoms with Crippen molar-refractivity contribution in [2.45, 2.75) is 0 Å². The Bertz CT molecular complexity index is 1600. The summed E-state index contributed by atoms with van der Waals surface area (Å²) in [6.45, 7) is 0. The van der Waals surface area contributed by atoms with E-state index in [1.54, 1.807) is 49.6 Å². The quantitative estimate of drug-likeness (QED) is 0.145. The molecular formula is C40H32N12W2. The van der Waals surface area contributed by atoms with Gasteiger partial charge < -0.3 is 61.1 Å². The zero-order chi connectivity index (χ0) is 35.7. The number of rotatable bonds is 8. The van der Waals surface area contributed by atoms with Crippen molar-refractivity contribution in [3.05, 3.63) is 216 Å². The number of pyridine rings is 8. The summed E-state index contributed by atoms with van der Waals surface area (Å²) in [6, 6.07) is 44.8. The smallest absolute Gasteiger partial charge is 0.369 e. The van der Waals surface area contributed by atoms with E-state index >= 15 is 0 Å². The standard InChI is InChI=1S/4C10H8N3.2W/c4*1-3-7-11-9(5-1)13-10-6-2-4-8-12-10;;/h4*1-8H;;/q4*-1;2*+2. The van der Waals surface area contributed by atoms with E-state index in [9.17, 15) is 0 Å². The van der Waals surface area contributed by atoms with Crippen LogP contribution in [0.4, 0.5) is 46.5 Å². The van der Waals surface area contributed by atoms with Crippen molar-refractivity contribution in [1.82, 2.24) is 39.9 Å². The van der Waals surface area contributed by atoms with Gasteiger partial charge in [0.05, 0.1) is 0 Å². The van der Waals surface area contributed by atoms with Gasteiger partial charge in [-0.2, -0.15) is 0 Å². The molecule has 0 amide bonds.